The van der Waals surface area contributed by atoms with E-state index >= 15 is 0 Å². The van der Waals surface area contributed by atoms with Gasteiger partial charge in [0, 0.05) is 14.7 Å². The van der Waals surface area contributed by atoms with Crippen molar-refractivity contribution in [1.82, 2.24) is 0 Å². The number of hydrogen-bond acceptors (Lipinski definition) is 1. The first-order valence-corrected chi connectivity index (χ1v) is 11.7. The van der Waals surface area contributed by atoms with Crippen LogP contribution in [0.4, 0.5) is 0 Å². The van der Waals surface area contributed by atoms with Crippen LogP contribution in [-0.4, -0.2) is 23.0 Å². The highest BCUT2D eigenvalue weighted by molar-refractivity contribution is 6.77. The third kappa shape index (κ3) is 7.07. The normalized spacial score (nSPS) is 13.5. The maximum Gasteiger partial charge on any atom is 0.183 e. The van der Waals surface area contributed by atoms with E-state index in [4.69, 9.17) is 4.43 Å². The second-order valence-corrected chi connectivity index (χ2v) is 15.3. The Labute approximate surface area is 79.7 Å². The Kier molecular flexibility index (Phi) is 4.73. The van der Waals surface area contributed by atoms with Gasteiger partial charge in [-0.05, 0) is 25.7 Å². The van der Waals surface area contributed by atoms with Crippen molar-refractivity contribution in [2.24, 2.45) is 0 Å². The molecule has 0 aromatic rings. The molecule has 0 aromatic carbocycles. The highest BCUT2D eigenvalue weighted by Crippen LogP contribution is 2.15. The van der Waals surface area contributed by atoms with Crippen molar-refractivity contribution < 1.29 is 4.43 Å². The Morgan fingerprint density at radius 1 is 1.00 bits per heavy atom. The Morgan fingerprint density at radius 2 is 1.50 bits per heavy atom. The minimum Gasteiger partial charge on any atom is -0.418 e. The minimum absolute atomic E-state index is 0.880. The van der Waals surface area contributed by atoms with Gasteiger partial charge in [0.2, 0.25) is 0 Å². The average molecular weight is 204 g/mol. The van der Waals surface area contributed by atoms with Crippen LogP contribution in [0.3, 0.4) is 0 Å². The second-order valence-electron chi connectivity index (χ2n) is 5.23. The maximum absolute atomic E-state index is 5.84. The molecule has 0 rings (SSSR count). The second kappa shape index (κ2) is 4.58. The third-order valence-corrected chi connectivity index (χ3v) is 6.81. The first kappa shape index (κ1) is 12.4. The van der Waals surface area contributed by atoms with E-state index in [1.54, 1.807) is 0 Å². The molecule has 0 N–H and O–H groups in total. The van der Waals surface area contributed by atoms with Gasteiger partial charge in [0.1, 0.15) is 0 Å². The summed E-state index contributed by atoms with van der Waals surface area (Å²) in [6, 6.07) is 2.70. The molecule has 12 heavy (non-hydrogen) atoms. The summed E-state index contributed by atoms with van der Waals surface area (Å²) in [5.74, 6) is 0. The van der Waals surface area contributed by atoms with Crippen LogP contribution in [0, 0.1) is 0 Å². The van der Waals surface area contributed by atoms with Gasteiger partial charge in [-0.15, -0.1) is 0 Å². The molecule has 0 aliphatic carbocycles. The maximum atomic E-state index is 5.84. The van der Waals surface area contributed by atoms with Crippen molar-refractivity contribution in [2.45, 2.75) is 51.7 Å². The summed E-state index contributed by atoms with van der Waals surface area (Å²) in [7, 11) is -2.13. The van der Waals surface area contributed by atoms with Crippen LogP contribution < -0.4 is 0 Å². The fourth-order valence-corrected chi connectivity index (χ4v) is 2.74. The van der Waals surface area contributed by atoms with Crippen LogP contribution in [0.2, 0.25) is 44.8 Å². The monoisotopic (exact) mass is 204 g/mol. The molecule has 0 bridgehead atoms. The predicted molar refractivity (Wildman–Crippen MR) is 62.1 cm³/mol. The standard InChI is InChI=1S/C9H24OSi2/c1-7-12(5,6)9-8-10-11(2,3)4/h7-9H2,1-6H3. The van der Waals surface area contributed by atoms with Gasteiger partial charge in [0.05, 0.1) is 0 Å². The molecule has 0 amide bonds. The fourth-order valence-electron chi connectivity index (χ4n) is 0.810. The SMILES string of the molecule is CC[Si](C)(C)CCO[Si](C)(C)C. The molecule has 0 saturated heterocycles. The molecule has 3 heteroatoms. The summed E-state index contributed by atoms with van der Waals surface area (Å²) in [6.45, 7) is 15.0. The van der Waals surface area contributed by atoms with Crippen LogP contribution in [0.5, 0.6) is 0 Å². The first-order valence-electron chi connectivity index (χ1n) is 4.91. The zero-order valence-corrected chi connectivity index (χ0v) is 11.5. The molecule has 0 spiro atoms. The molecule has 0 aliphatic heterocycles. The minimum atomic E-state index is -1.25. The number of hydrogen-bond donors (Lipinski definition) is 0. The summed E-state index contributed by atoms with van der Waals surface area (Å²) in [6.07, 6.45) is 0. The molecule has 0 aromatic heterocycles. The molecule has 0 atom stereocenters. The van der Waals surface area contributed by atoms with E-state index in [1.807, 2.05) is 0 Å². The van der Waals surface area contributed by atoms with Crippen molar-refractivity contribution in [1.29, 1.82) is 0 Å². The average Bonchev–Trinajstić information content (AvgIpc) is 1.84. The zero-order chi connectivity index (χ0) is 9.83. The number of rotatable bonds is 5. The van der Waals surface area contributed by atoms with E-state index in [1.165, 1.54) is 12.1 Å². The molecule has 0 fully saturated rings. The lowest BCUT2D eigenvalue weighted by molar-refractivity contribution is 0.332. The molecule has 0 aliphatic rings. The lowest BCUT2D eigenvalue weighted by Gasteiger charge is -2.23. The summed E-state index contributed by atoms with van der Waals surface area (Å²) >= 11 is 0. The van der Waals surface area contributed by atoms with Gasteiger partial charge in [-0.3, -0.25) is 0 Å². The zero-order valence-electron chi connectivity index (χ0n) is 9.53. The van der Waals surface area contributed by atoms with E-state index in [2.05, 4.69) is 39.7 Å². The molecule has 1 nitrogen and oxygen atoms in total. The van der Waals surface area contributed by atoms with Gasteiger partial charge in [-0.25, -0.2) is 0 Å². The van der Waals surface area contributed by atoms with Crippen molar-refractivity contribution in [3.05, 3.63) is 0 Å². The molecule has 74 valence electrons. The lowest BCUT2D eigenvalue weighted by atomic mass is 10.9. The van der Waals surface area contributed by atoms with Crippen LogP contribution in [0.15, 0.2) is 0 Å². The van der Waals surface area contributed by atoms with Gasteiger partial charge in [-0.1, -0.05) is 26.1 Å². The van der Waals surface area contributed by atoms with Crippen molar-refractivity contribution in [3.63, 3.8) is 0 Å². The Bertz CT molecular complexity index is 127. The molecule has 0 heterocycles. The third-order valence-electron chi connectivity index (χ3n) is 2.27. The van der Waals surface area contributed by atoms with Crippen molar-refractivity contribution in [2.75, 3.05) is 6.61 Å². The quantitative estimate of drug-likeness (QED) is 0.622. The van der Waals surface area contributed by atoms with Crippen molar-refractivity contribution >= 4 is 16.4 Å². The smallest absolute Gasteiger partial charge is 0.183 e. The highest BCUT2D eigenvalue weighted by atomic mass is 28.4. The van der Waals surface area contributed by atoms with E-state index in [-0.39, 0.29) is 0 Å². The Hall–Kier alpha value is 0.394. The predicted octanol–water partition coefficient (Wildman–Crippen LogP) is 3.57. The highest BCUT2D eigenvalue weighted by Gasteiger charge is 2.20. The van der Waals surface area contributed by atoms with E-state index in [0.717, 1.165) is 6.61 Å². The van der Waals surface area contributed by atoms with Gasteiger partial charge in [-0.2, -0.15) is 0 Å². The summed E-state index contributed by atoms with van der Waals surface area (Å²) in [5, 5.41) is 0. The summed E-state index contributed by atoms with van der Waals surface area (Å²) in [4.78, 5) is 0. The Balaban J connectivity index is 3.57. The van der Waals surface area contributed by atoms with Crippen LogP contribution in [0.1, 0.15) is 6.92 Å². The topological polar surface area (TPSA) is 9.23 Å². The summed E-state index contributed by atoms with van der Waals surface area (Å²) in [5.41, 5.74) is 0. The molecule has 0 saturated carbocycles. The van der Waals surface area contributed by atoms with Crippen molar-refractivity contribution in [3.8, 4) is 0 Å². The van der Waals surface area contributed by atoms with Gasteiger partial charge >= 0.3 is 0 Å². The van der Waals surface area contributed by atoms with Gasteiger partial charge in [0.15, 0.2) is 8.32 Å². The molecular formula is C9H24OSi2. The van der Waals surface area contributed by atoms with E-state index < -0.39 is 16.4 Å². The van der Waals surface area contributed by atoms with Gasteiger partial charge < -0.3 is 4.43 Å². The van der Waals surface area contributed by atoms with E-state index in [0.29, 0.717) is 0 Å². The Morgan fingerprint density at radius 3 is 1.83 bits per heavy atom. The molecule has 0 radical (unpaired) electrons. The summed E-state index contributed by atoms with van der Waals surface area (Å²) < 4.78 is 5.84. The first-order chi connectivity index (χ1) is 5.27. The van der Waals surface area contributed by atoms with Crippen LogP contribution in [-0.2, 0) is 4.43 Å². The van der Waals surface area contributed by atoms with Crippen LogP contribution in [0.25, 0.3) is 0 Å². The lowest BCUT2D eigenvalue weighted by Crippen LogP contribution is -2.31. The fraction of sp³-hybridized carbons (Fsp3) is 1.00. The van der Waals surface area contributed by atoms with Crippen LogP contribution >= 0.6 is 0 Å². The van der Waals surface area contributed by atoms with E-state index in [9.17, 15) is 0 Å². The van der Waals surface area contributed by atoms with Gasteiger partial charge in [0.25, 0.3) is 0 Å². The largest absolute Gasteiger partial charge is 0.418 e. The molecule has 0 unspecified atom stereocenters. The molecular weight excluding hydrogens is 180 g/mol.